The normalized spacial score (nSPS) is 13.4. The average Bonchev–Trinajstić information content (AvgIpc) is 2.40. The van der Waals surface area contributed by atoms with Crippen LogP contribution in [0.3, 0.4) is 0 Å². The molecule has 0 bridgehead atoms. The van der Waals surface area contributed by atoms with Gasteiger partial charge in [-0.1, -0.05) is 6.92 Å². The van der Waals surface area contributed by atoms with Crippen molar-refractivity contribution in [1.82, 2.24) is 4.37 Å². The third kappa shape index (κ3) is 2.08. The molecular formula is C7H12N2S. The molecule has 0 amide bonds. The summed E-state index contributed by atoms with van der Waals surface area (Å²) in [7, 11) is 0. The van der Waals surface area contributed by atoms with Gasteiger partial charge in [0.25, 0.3) is 0 Å². The molecule has 2 N–H and O–H groups in total. The first-order valence-corrected chi connectivity index (χ1v) is 4.31. The van der Waals surface area contributed by atoms with E-state index in [1.807, 2.05) is 11.4 Å². The van der Waals surface area contributed by atoms with E-state index < -0.39 is 0 Å². The molecule has 1 heterocycles. The van der Waals surface area contributed by atoms with E-state index in [9.17, 15) is 0 Å². The number of hydrogen-bond donors (Lipinski definition) is 1. The van der Waals surface area contributed by atoms with Crippen molar-refractivity contribution < 1.29 is 0 Å². The van der Waals surface area contributed by atoms with Crippen LogP contribution in [-0.2, 0) is 6.42 Å². The van der Waals surface area contributed by atoms with E-state index in [1.54, 1.807) is 0 Å². The van der Waals surface area contributed by atoms with E-state index in [0.29, 0.717) is 0 Å². The van der Waals surface area contributed by atoms with Gasteiger partial charge in [0.2, 0.25) is 0 Å². The molecule has 0 saturated carbocycles. The van der Waals surface area contributed by atoms with E-state index in [0.717, 1.165) is 18.5 Å². The minimum atomic E-state index is 0.280. The fourth-order valence-electron chi connectivity index (χ4n) is 0.756. The average molecular weight is 156 g/mol. The Hall–Kier alpha value is -0.410. The fraction of sp³-hybridized carbons (Fsp3) is 0.571. The zero-order valence-electron chi connectivity index (χ0n) is 6.08. The van der Waals surface area contributed by atoms with E-state index >= 15 is 0 Å². The topological polar surface area (TPSA) is 38.9 Å². The van der Waals surface area contributed by atoms with Gasteiger partial charge in [0.15, 0.2) is 0 Å². The van der Waals surface area contributed by atoms with Crippen molar-refractivity contribution in [3.05, 3.63) is 17.1 Å². The highest BCUT2D eigenvalue weighted by Crippen LogP contribution is 2.03. The van der Waals surface area contributed by atoms with Crippen LogP contribution >= 0.6 is 11.5 Å². The van der Waals surface area contributed by atoms with E-state index in [2.05, 4.69) is 11.3 Å². The molecule has 0 saturated heterocycles. The largest absolute Gasteiger partial charge is 0.327 e. The van der Waals surface area contributed by atoms with Gasteiger partial charge in [0, 0.05) is 17.8 Å². The summed E-state index contributed by atoms with van der Waals surface area (Å²) in [5.41, 5.74) is 6.85. The second-order valence-electron chi connectivity index (χ2n) is 2.36. The van der Waals surface area contributed by atoms with Gasteiger partial charge in [-0.2, -0.15) is 4.37 Å². The molecule has 1 aromatic rings. The summed E-state index contributed by atoms with van der Waals surface area (Å²) in [4.78, 5) is 0. The first-order valence-electron chi connectivity index (χ1n) is 3.47. The number of nitrogens with zero attached hydrogens (tertiary/aromatic N) is 1. The Bertz CT molecular complexity index is 172. The van der Waals surface area contributed by atoms with Crippen molar-refractivity contribution in [2.75, 3.05) is 0 Å². The maximum atomic E-state index is 5.73. The monoisotopic (exact) mass is 156 g/mol. The Balaban J connectivity index is 2.40. The van der Waals surface area contributed by atoms with Crippen LogP contribution < -0.4 is 5.73 Å². The SMILES string of the molecule is CCC(N)Cc1ccsn1. The van der Waals surface area contributed by atoms with Crippen LogP contribution in [0.1, 0.15) is 19.0 Å². The van der Waals surface area contributed by atoms with Crippen LogP contribution in [-0.4, -0.2) is 10.4 Å². The molecule has 0 aromatic carbocycles. The zero-order chi connectivity index (χ0) is 7.40. The molecule has 0 fully saturated rings. The summed E-state index contributed by atoms with van der Waals surface area (Å²) in [6.07, 6.45) is 1.94. The lowest BCUT2D eigenvalue weighted by Gasteiger charge is -2.03. The van der Waals surface area contributed by atoms with Crippen molar-refractivity contribution >= 4 is 11.5 Å². The second kappa shape index (κ2) is 3.68. The molecule has 1 unspecified atom stereocenters. The highest BCUT2D eigenvalue weighted by atomic mass is 32.1. The van der Waals surface area contributed by atoms with Crippen LogP contribution in [0.2, 0.25) is 0 Å². The summed E-state index contributed by atoms with van der Waals surface area (Å²) in [6, 6.07) is 2.31. The molecule has 1 rings (SSSR count). The minimum Gasteiger partial charge on any atom is -0.327 e. The minimum absolute atomic E-state index is 0.280. The standard InChI is InChI=1S/C7H12N2S/c1-2-6(8)5-7-3-4-10-9-7/h3-4,6H,2,5,8H2,1H3. The van der Waals surface area contributed by atoms with Crippen LogP contribution in [0, 0.1) is 0 Å². The van der Waals surface area contributed by atoms with Crippen LogP contribution in [0.25, 0.3) is 0 Å². The Kier molecular flexibility index (Phi) is 2.83. The molecular weight excluding hydrogens is 144 g/mol. The number of nitrogens with two attached hydrogens (primary N) is 1. The summed E-state index contributed by atoms with van der Waals surface area (Å²) in [6.45, 7) is 2.09. The summed E-state index contributed by atoms with van der Waals surface area (Å²) >= 11 is 1.49. The Morgan fingerprint density at radius 2 is 2.60 bits per heavy atom. The van der Waals surface area contributed by atoms with E-state index in [4.69, 9.17) is 5.73 Å². The molecule has 1 atom stereocenters. The molecule has 0 aliphatic carbocycles. The fourth-order valence-corrected chi connectivity index (χ4v) is 1.31. The quantitative estimate of drug-likeness (QED) is 0.719. The summed E-state index contributed by atoms with van der Waals surface area (Å²) < 4.78 is 4.17. The lowest BCUT2D eigenvalue weighted by atomic mass is 10.1. The van der Waals surface area contributed by atoms with Gasteiger partial charge >= 0.3 is 0 Å². The van der Waals surface area contributed by atoms with Gasteiger partial charge in [-0.25, -0.2) is 0 Å². The van der Waals surface area contributed by atoms with Crippen molar-refractivity contribution in [1.29, 1.82) is 0 Å². The maximum Gasteiger partial charge on any atom is 0.0557 e. The third-order valence-electron chi connectivity index (χ3n) is 1.49. The third-order valence-corrected chi connectivity index (χ3v) is 2.08. The summed E-state index contributed by atoms with van der Waals surface area (Å²) in [5.74, 6) is 0. The smallest absolute Gasteiger partial charge is 0.0557 e. The van der Waals surface area contributed by atoms with Crippen molar-refractivity contribution in [3.8, 4) is 0 Å². The summed E-state index contributed by atoms with van der Waals surface area (Å²) in [5, 5.41) is 1.98. The van der Waals surface area contributed by atoms with Crippen LogP contribution in [0.4, 0.5) is 0 Å². The van der Waals surface area contributed by atoms with Crippen LogP contribution in [0.5, 0.6) is 0 Å². The molecule has 2 nitrogen and oxygen atoms in total. The van der Waals surface area contributed by atoms with E-state index in [1.165, 1.54) is 11.5 Å². The number of hydrogen-bond acceptors (Lipinski definition) is 3. The van der Waals surface area contributed by atoms with Gasteiger partial charge in [-0.05, 0) is 24.0 Å². The molecule has 0 radical (unpaired) electrons. The molecule has 0 spiro atoms. The molecule has 10 heavy (non-hydrogen) atoms. The highest BCUT2D eigenvalue weighted by Gasteiger charge is 2.01. The van der Waals surface area contributed by atoms with Gasteiger partial charge in [-0.15, -0.1) is 0 Å². The zero-order valence-corrected chi connectivity index (χ0v) is 6.90. The lowest BCUT2D eigenvalue weighted by Crippen LogP contribution is -2.21. The number of aromatic nitrogens is 1. The molecule has 0 aliphatic heterocycles. The Morgan fingerprint density at radius 3 is 3.10 bits per heavy atom. The molecule has 1 aromatic heterocycles. The molecule has 56 valence electrons. The van der Waals surface area contributed by atoms with Crippen molar-refractivity contribution in [2.45, 2.75) is 25.8 Å². The Labute approximate surface area is 65.2 Å². The maximum absolute atomic E-state index is 5.73. The van der Waals surface area contributed by atoms with Gasteiger partial charge in [0.05, 0.1) is 5.69 Å². The van der Waals surface area contributed by atoms with Gasteiger partial charge < -0.3 is 5.73 Å². The first kappa shape index (κ1) is 7.69. The lowest BCUT2D eigenvalue weighted by molar-refractivity contribution is 0.640. The van der Waals surface area contributed by atoms with E-state index in [-0.39, 0.29) is 6.04 Å². The van der Waals surface area contributed by atoms with Gasteiger partial charge in [-0.3, -0.25) is 0 Å². The molecule has 0 aliphatic rings. The first-order chi connectivity index (χ1) is 4.83. The van der Waals surface area contributed by atoms with Crippen LogP contribution in [0.15, 0.2) is 11.4 Å². The van der Waals surface area contributed by atoms with Gasteiger partial charge in [0.1, 0.15) is 0 Å². The predicted molar refractivity (Wildman–Crippen MR) is 44.1 cm³/mol. The highest BCUT2D eigenvalue weighted by molar-refractivity contribution is 7.03. The van der Waals surface area contributed by atoms with Crippen molar-refractivity contribution in [3.63, 3.8) is 0 Å². The second-order valence-corrected chi connectivity index (χ2v) is 3.03. The van der Waals surface area contributed by atoms with Crippen molar-refractivity contribution in [2.24, 2.45) is 5.73 Å². The Morgan fingerprint density at radius 1 is 1.80 bits per heavy atom. The molecule has 3 heteroatoms. The number of rotatable bonds is 3. The predicted octanol–water partition coefficient (Wildman–Crippen LogP) is 1.42.